The minimum atomic E-state index is 0.691. The molecule has 0 radical (unpaired) electrons. The third-order valence-corrected chi connectivity index (χ3v) is 6.32. The van der Waals surface area contributed by atoms with Gasteiger partial charge in [-0.05, 0) is 91.7 Å². The summed E-state index contributed by atoms with van der Waals surface area (Å²) in [5.74, 6) is 7.92. The molecule has 0 spiro atoms. The van der Waals surface area contributed by atoms with Gasteiger partial charge >= 0.3 is 0 Å². The lowest BCUT2D eigenvalue weighted by atomic mass is 9.78. The van der Waals surface area contributed by atoms with Crippen molar-refractivity contribution in [1.82, 2.24) is 0 Å². The minimum Gasteiger partial charge on any atom is -0.0730 e. The maximum atomic E-state index is 3.26. The van der Waals surface area contributed by atoms with Crippen molar-refractivity contribution in [2.24, 2.45) is 5.92 Å². The normalized spacial score (nSPS) is 19.1. The molecule has 0 nitrogen and oxygen atoms in total. The molecule has 2 aromatic rings. The van der Waals surface area contributed by atoms with Crippen molar-refractivity contribution in [3.63, 3.8) is 0 Å². The molecule has 0 unspecified atom stereocenters. The molecule has 1 aliphatic carbocycles. The van der Waals surface area contributed by atoms with Crippen molar-refractivity contribution < 1.29 is 0 Å². The highest BCUT2D eigenvalue weighted by atomic mass is 14.3. The third kappa shape index (κ3) is 6.93. The smallest absolute Gasteiger partial charge is 0.0249 e. The van der Waals surface area contributed by atoms with Gasteiger partial charge in [-0.15, -0.1) is 0 Å². The van der Waals surface area contributed by atoms with E-state index in [4.69, 9.17) is 0 Å². The van der Waals surface area contributed by atoms with Crippen LogP contribution in [0.5, 0.6) is 0 Å². The lowest BCUT2D eigenvalue weighted by Crippen LogP contribution is -2.11. The van der Waals surface area contributed by atoms with Gasteiger partial charge in [0.05, 0.1) is 0 Å². The summed E-state index contributed by atoms with van der Waals surface area (Å²) in [5.41, 5.74) is 5.52. The fourth-order valence-electron chi connectivity index (χ4n) is 4.31. The Morgan fingerprint density at radius 3 is 2.17 bits per heavy atom. The van der Waals surface area contributed by atoms with E-state index in [1.54, 1.807) is 5.56 Å². The molecule has 1 saturated carbocycles. The number of unbranched alkanes of at least 4 members (excludes halogenated alkanes) is 2. The summed E-state index contributed by atoms with van der Waals surface area (Å²) < 4.78 is 0. The summed E-state index contributed by atoms with van der Waals surface area (Å²) in [5, 5.41) is 0. The Kier molecular flexibility index (Phi) is 8.63. The summed E-state index contributed by atoms with van der Waals surface area (Å²) in [6.07, 6.45) is 15.9. The average Bonchev–Trinajstić information content (AvgIpc) is 2.78. The SMILES string of the molecule is CCCCCc1ccc(C2CCC(C=CC#Cc3ccc(CC)cc3)CC2)cc1. The Morgan fingerprint density at radius 1 is 0.828 bits per heavy atom. The number of allylic oxidation sites excluding steroid dienone is 2. The molecule has 0 amide bonds. The van der Waals surface area contributed by atoms with Crippen LogP contribution >= 0.6 is 0 Å². The average molecular weight is 385 g/mol. The molecule has 0 bridgehead atoms. The molecular weight excluding hydrogens is 348 g/mol. The second-order valence-corrected chi connectivity index (χ2v) is 8.49. The lowest BCUT2D eigenvalue weighted by Gasteiger charge is -2.27. The lowest BCUT2D eigenvalue weighted by molar-refractivity contribution is 0.376. The highest BCUT2D eigenvalue weighted by Gasteiger charge is 2.20. The Hall–Kier alpha value is -2.26. The number of rotatable bonds is 7. The topological polar surface area (TPSA) is 0 Å². The van der Waals surface area contributed by atoms with Crippen molar-refractivity contribution in [1.29, 1.82) is 0 Å². The number of aryl methyl sites for hydroxylation is 2. The Morgan fingerprint density at radius 2 is 1.52 bits per heavy atom. The van der Waals surface area contributed by atoms with Crippen LogP contribution < -0.4 is 0 Å². The summed E-state index contributed by atoms with van der Waals surface area (Å²) in [4.78, 5) is 0. The summed E-state index contributed by atoms with van der Waals surface area (Å²) in [6, 6.07) is 18.1. The van der Waals surface area contributed by atoms with Gasteiger partial charge in [0.1, 0.15) is 0 Å². The van der Waals surface area contributed by atoms with Crippen LogP contribution in [0.3, 0.4) is 0 Å². The van der Waals surface area contributed by atoms with Crippen LogP contribution in [0, 0.1) is 17.8 Å². The predicted octanol–water partition coefficient (Wildman–Crippen LogP) is 7.86. The van der Waals surface area contributed by atoms with E-state index < -0.39 is 0 Å². The Balaban J connectivity index is 1.44. The van der Waals surface area contributed by atoms with Crippen LogP contribution in [0.1, 0.15) is 87.0 Å². The molecule has 3 rings (SSSR count). The fourth-order valence-corrected chi connectivity index (χ4v) is 4.31. The van der Waals surface area contributed by atoms with Crippen molar-refractivity contribution in [2.75, 3.05) is 0 Å². The number of hydrogen-bond acceptors (Lipinski definition) is 0. The molecule has 0 aliphatic heterocycles. The molecule has 0 N–H and O–H groups in total. The van der Waals surface area contributed by atoms with E-state index in [1.807, 2.05) is 0 Å². The van der Waals surface area contributed by atoms with E-state index in [0.717, 1.165) is 17.9 Å². The summed E-state index contributed by atoms with van der Waals surface area (Å²) in [7, 11) is 0. The Bertz CT molecular complexity index is 803. The van der Waals surface area contributed by atoms with Crippen molar-refractivity contribution in [3.8, 4) is 11.8 Å². The van der Waals surface area contributed by atoms with E-state index >= 15 is 0 Å². The first-order chi connectivity index (χ1) is 14.3. The Labute approximate surface area is 178 Å². The van der Waals surface area contributed by atoms with E-state index in [9.17, 15) is 0 Å². The van der Waals surface area contributed by atoms with Gasteiger partial charge < -0.3 is 0 Å². The monoisotopic (exact) mass is 384 g/mol. The van der Waals surface area contributed by atoms with Crippen molar-refractivity contribution in [3.05, 3.63) is 82.9 Å². The van der Waals surface area contributed by atoms with Crippen LogP contribution in [0.15, 0.2) is 60.7 Å². The second-order valence-electron chi connectivity index (χ2n) is 8.49. The van der Waals surface area contributed by atoms with E-state index in [-0.39, 0.29) is 0 Å². The first kappa shape index (κ1) is 21.4. The van der Waals surface area contributed by atoms with Crippen LogP contribution in [-0.2, 0) is 12.8 Å². The maximum Gasteiger partial charge on any atom is 0.0249 e. The van der Waals surface area contributed by atoms with Crippen LogP contribution in [0.4, 0.5) is 0 Å². The molecular formula is C29H36. The molecule has 2 aromatic carbocycles. The molecule has 0 atom stereocenters. The first-order valence-corrected chi connectivity index (χ1v) is 11.6. The first-order valence-electron chi connectivity index (χ1n) is 11.6. The third-order valence-electron chi connectivity index (χ3n) is 6.32. The van der Waals surface area contributed by atoms with Gasteiger partial charge in [-0.1, -0.05) is 81.0 Å². The van der Waals surface area contributed by atoms with Gasteiger partial charge in [-0.25, -0.2) is 0 Å². The maximum absolute atomic E-state index is 3.26. The van der Waals surface area contributed by atoms with E-state index in [1.165, 1.54) is 62.5 Å². The van der Waals surface area contributed by atoms with Gasteiger partial charge in [0, 0.05) is 5.56 Å². The van der Waals surface area contributed by atoms with E-state index in [0.29, 0.717) is 5.92 Å². The van der Waals surface area contributed by atoms with Gasteiger partial charge in [-0.2, -0.15) is 0 Å². The molecule has 0 heterocycles. The number of hydrogen-bond donors (Lipinski definition) is 0. The highest BCUT2D eigenvalue weighted by Crippen LogP contribution is 2.36. The molecule has 152 valence electrons. The van der Waals surface area contributed by atoms with Gasteiger partial charge in [0.15, 0.2) is 0 Å². The van der Waals surface area contributed by atoms with Gasteiger partial charge in [0.25, 0.3) is 0 Å². The molecule has 1 fully saturated rings. The number of benzene rings is 2. The second kappa shape index (κ2) is 11.7. The zero-order chi connectivity index (χ0) is 20.3. The standard InChI is InChI=1S/C29H36/c1-3-5-6-9-26-16-20-28(21-17-26)29-22-18-27(19-23-29)11-8-7-10-25-14-12-24(4-2)13-15-25/h8,11-17,20-21,27,29H,3-6,9,18-19,22-23H2,1-2H3. The predicted molar refractivity (Wildman–Crippen MR) is 126 cm³/mol. The zero-order valence-corrected chi connectivity index (χ0v) is 18.3. The quantitative estimate of drug-likeness (QED) is 0.336. The van der Waals surface area contributed by atoms with Gasteiger partial charge in [-0.3, -0.25) is 0 Å². The molecule has 1 aliphatic rings. The molecule has 29 heavy (non-hydrogen) atoms. The fraction of sp³-hybridized carbons (Fsp3) is 0.448. The zero-order valence-electron chi connectivity index (χ0n) is 18.3. The van der Waals surface area contributed by atoms with Gasteiger partial charge in [0.2, 0.25) is 0 Å². The molecule has 0 heteroatoms. The molecule has 0 aromatic heterocycles. The summed E-state index contributed by atoms with van der Waals surface area (Å²) in [6.45, 7) is 4.45. The minimum absolute atomic E-state index is 0.691. The van der Waals surface area contributed by atoms with Crippen LogP contribution in [0.25, 0.3) is 0 Å². The molecule has 0 saturated heterocycles. The highest BCUT2D eigenvalue weighted by molar-refractivity contribution is 5.38. The van der Waals surface area contributed by atoms with Crippen molar-refractivity contribution >= 4 is 0 Å². The van der Waals surface area contributed by atoms with Crippen LogP contribution in [0.2, 0.25) is 0 Å². The largest absolute Gasteiger partial charge is 0.0730 e. The van der Waals surface area contributed by atoms with E-state index in [2.05, 4.69) is 86.4 Å². The summed E-state index contributed by atoms with van der Waals surface area (Å²) >= 11 is 0. The van der Waals surface area contributed by atoms with Crippen LogP contribution in [-0.4, -0.2) is 0 Å². The van der Waals surface area contributed by atoms with Crippen molar-refractivity contribution in [2.45, 2.75) is 77.6 Å².